The molecule has 2 heterocycles. The highest BCUT2D eigenvalue weighted by Gasteiger charge is 2.15. The standard InChI is InChI=1S/C21H20N4O3S/c1-26-19-7-14(8-20(27-2)21(19)28-3)6-16-5-4-15(17-10-29-13-23-17)9-18(16)25-12-22-11-24-25/h4-5,7-13H,6H2,1-3H3. The molecule has 4 rings (SSSR count). The smallest absolute Gasteiger partial charge is 0.203 e. The Hall–Kier alpha value is -3.39. The average molecular weight is 408 g/mol. The van der Waals surface area contributed by atoms with Crippen LogP contribution in [0.1, 0.15) is 11.1 Å². The van der Waals surface area contributed by atoms with Gasteiger partial charge in [0.1, 0.15) is 12.7 Å². The summed E-state index contributed by atoms with van der Waals surface area (Å²) in [5.74, 6) is 1.83. The summed E-state index contributed by atoms with van der Waals surface area (Å²) >= 11 is 1.57. The van der Waals surface area contributed by atoms with E-state index in [0.717, 1.165) is 28.1 Å². The second kappa shape index (κ2) is 8.32. The summed E-state index contributed by atoms with van der Waals surface area (Å²) in [6, 6.07) is 10.2. The van der Waals surface area contributed by atoms with E-state index in [4.69, 9.17) is 14.2 Å². The Morgan fingerprint density at radius 2 is 1.79 bits per heavy atom. The summed E-state index contributed by atoms with van der Waals surface area (Å²) in [6.07, 6.45) is 3.88. The maximum absolute atomic E-state index is 5.49. The highest BCUT2D eigenvalue weighted by molar-refractivity contribution is 7.07. The number of aromatic nitrogens is 4. The molecule has 148 valence electrons. The summed E-state index contributed by atoms with van der Waals surface area (Å²) in [7, 11) is 4.83. The molecule has 0 atom stereocenters. The summed E-state index contributed by atoms with van der Waals surface area (Å²) < 4.78 is 18.2. The van der Waals surface area contributed by atoms with Gasteiger partial charge < -0.3 is 14.2 Å². The van der Waals surface area contributed by atoms with Gasteiger partial charge >= 0.3 is 0 Å². The van der Waals surface area contributed by atoms with Crippen molar-refractivity contribution in [3.63, 3.8) is 0 Å². The molecule has 0 fully saturated rings. The number of benzene rings is 2. The van der Waals surface area contributed by atoms with Gasteiger partial charge in [0.2, 0.25) is 5.75 Å². The Morgan fingerprint density at radius 1 is 1.00 bits per heavy atom. The highest BCUT2D eigenvalue weighted by Crippen LogP contribution is 2.39. The minimum absolute atomic E-state index is 0.578. The van der Waals surface area contributed by atoms with Crippen LogP contribution < -0.4 is 14.2 Å². The van der Waals surface area contributed by atoms with Crippen molar-refractivity contribution >= 4 is 11.3 Å². The van der Waals surface area contributed by atoms with E-state index in [0.29, 0.717) is 23.7 Å². The number of ether oxygens (including phenoxy) is 3. The van der Waals surface area contributed by atoms with Crippen molar-refractivity contribution in [1.29, 1.82) is 0 Å². The molecule has 8 heteroatoms. The average Bonchev–Trinajstić information content (AvgIpc) is 3.47. The lowest BCUT2D eigenvalue weighted by atomic mass is 9.99. The van der Waals surface area contributed by atoms with Crippen LogP contribution in [-0.2, 0) is 6.42 Å². The first-order valence-electron chi connectivity index (χ1n) is 8.89. The summed E-state index contributed by atoms with van der Waals surface area (Å²) in [5, 5.41) is 6.35. The van der Waals surface area contributed by atoms with E-state index in [1.54, 1.807) is 43.7 Å². The normalized spacial score (nSPS) is 10.7. The largest absolute Gasteiger partial charge is 0.493 e. The molecule has 0 bridgehead atoms. The molecule has 0 saturated carbocycles. The zero-order valence-corrected chi connectivity index (χ0v) is 17.1. The molecule has 0 unspecified atom stereocenters. The number of rotatable bonds is 7. The van der Waals surface area contributed by atoms with Crippen molar-refractivity contribution < 1.29 is 14.2 Å². The minimum Gasteiger partial charge on any atom is -0.493 e. The lowest BCUT2D eigenvalue weighted by molar-refractivity contribution is 0.324. The van der Waals surface area contributed by atoms with Crippen LogP contribution in [0, 0.1) is 0 Å². The third-order valence-corrected chi connectivity index (χ3v) is 5.18. The first-order chi connectivity index (χ1) is 14.2. The van der Waals surface area contributed by atoms with E-state index in [2.05, 4.69) is 33.3 Å². The number of methoxy groups -OCH3 is 3. The quantitative estimate of drug-likeness (QED) is 0.460. The molecule has 0 amide bonds. The van der Waals surface area contributed by atoms with Gasteiger partial charge in [-0.3, -0.25) is 0 Å². The third-order valence-electron chi connectivity index (χ3n) is 4.60. The maximum Gasteiger partial charge on any atom is 0.203 e. The van der Waals surface area contributed by atoms with Gasteiger partial charge in [0.25, 0.3) is 0 Å². The van der Waals surface area contributed by atoms with Crippen LogP contribution >= 0.6 is 11.3 Å². The highest BCUT2D eigenvalue weighted by atomic mass is 32.1. The number of nitrogens with zero attached hydrogens (tertiary/aromatic N) is 4. The lowest BCUT2D eigenvalue weighted by Crippen LogP contribution is -2.03. The molecule has 29 heavy (non-hydrogen) atoms. The predicted molar refractivity (Wildman–Crippen MR) is 111 cm³/mol. The topological polar surface area (TPSA) is 71.3 Å². The lowest BCUT2D eigenvalue weighted by Gasteiger charge is -2.15. The molecule has 0 saturated heterocycles. The van der Waals surface area contributed by atoms with Crippen molar-refractivity contribution in [1.82, 2.24) is 19.7 Å². The first-order valence-corrected chi connectivity index (χ1v) is 9.83. The summed E-state index contributed by atoms with van der Waals surface area (Å²) in [6.45, 7) is 0. The van der Waals surface area contributed by atoms with Gasteiger partial charge in [-0.05, 0) is 35.7 Å². The zero-order chi connectivity index (χ0) is 20.2. The Bertz CT molecular complexity index is 1070. The second-order valence-corrected chi connectivity index (χ2v) is 6.99. The van der Waals surface area contributed by atoms with Gasteiger partial charge in [0, 0.05) is 10.9 Å². The molecule has 2 aromatic heterocycles. The zero-order valence-electron chi connectivity index (χ0n) is 16.3. The van der Waals surface area contributed by atoms with Crippen LogP contribution in [0.2, 0.25) is 0 Å². The first kappa shape index (κ1) is 18.9. The molecule has 0 aliphatic heterocycles. The van der Waals surface area contributed by atoms with E-state index in [1.165, 1.54) is 6.33 Å². The fourth-order valence-corrected chi connectivity index (χ4v) is 3.79. The third kappa shape index (κ3) is 3.79. The van der Waals surface area contributed by atoms with Gasteiger partial charge in [-0.25, -0.2) is 14.6 Å². The Kier molecular flexibility index (Phi) is 5.44. The Morgan fingerprint density at radius 3 is 2.38 bits per heavy atom. The molecule has 4 aromatic rings. The number of thiazole rings is 1. The van der Waals surface area contributed by atoms with Crippen molar-refractivity contribution in [3.05, 3.63) is 65.0 Å². The van der Waals surface area contributed by atoms with Crippen LogP contribution in [0.5, 0.6) is 17.2 Å². The fourth-order valence-electron chi connectivity index (χ4n) is 3.23. The molecule has 0 aliphatic carbocycles. The van der Waals surface area contributed by atoms with Gasteiger partial charge in [0.15, 0.2) is 11.5 Å². The van der Waals surface area contributed by atoms with Crippen LogP contribution in [0.4, 0.5) is 0 Å². The van der Waals surface area contributed by atoms with Gasteiger partial charge in [-0.1, -0.05) is 12.1 Å². The van der Waals surface area contributed by atoms with Crippen molar-refractivity contribution in [2.45, 2.75) is 6.42 Å². The van der Waals surface area contributed by atoms with Crippen LogP contribution in [0.25, 0.3) is 16.9 Å². The van der Waals surface area contributed by atoms with Crippen LogP contribution in [0.15, 0.2) is 53.9 Å². The Balaban J connectivity index is 1.77. The van der Waals surface area contributed by atoms with Gasteiger partial charge in [-0.2, -0.15) is 5.10 Å². The van der Waals surface area contributed by atoms with Crippen molar-refractivity contribution in [2.24, 2.45) is 0 Å². The van der Waals surface area contributed by atoms with Crippen molar-refractivity contribution in [2.75, 3.05) is 21.3 Å². The molecule has 0 spiro atoms. The molecule has 7 nitrogen and oxygen atoms in total. The number of hydrogen-bond donors (Lipinski definition) is 0. The molecular weight excluding hydrogens is 388 g/mol. The fraction of sp³-hybridized carbons (Fsp3) is 0.190. The van der Waals surface area contributed by atoms with Crippen LogP contribution in [0.3, 0.4) is 0 Å². The van der Waals surface area contributed by atoms with Gasteiger partial charge in [-0.15, -0.1) is 11.3 Å². The second-order valence-electron chi connectivity index (χ2n) is 6.27. The molecule has 2 aromatic carbocycles. The van der Waals surface area contributed by atoms with E-state index < -0.39 is 0 Å². The van der Waals surface area contributed by atoms with E-state index in [1.807, 2.05) is 23.0 Å². The molecule has 0 radical (unpaired) electrons. The SMILES string of the molecule is COc1cc(Cc2ccc(-c3cscn3)cc2-n2cncn2)cc(OC)c1OC. The maximum atomic E-state index is 5.49. The van der Waals surface area contributed by atoms with E-state index in [9.17, 15) is 0 Å². The predicted octanol–water partition coefficient (Wildman–Crippen LogP) is 4.01. The van der Waals surface area contributed by atoms with E-state index in [-0.39, 0.29) is 0 Å². The summed E-state index contributed by atoms with van der Waals surface area (Å²) in [5.41, 5.74) is 6.86. The minimum atomic E-state index is 0.578. The molecular formula is C21H20N4O3S. The Labute approximate surface area is 172 Å². The summed E-state index contributed by atoms with van der Waals surface area (Å²) in [4.78, 5) is 8.51. The van der Waals surface area contributed by atoms with E-state index >= 15 is 0 Å². The van der Waals surface area contributed by atoms with Crippen molar-refractivity contribution in [3.8, 4) is 34.2 Å². The molecule has 0 N–H and O–H groups in total. The number of hydrogen-bond acceptors (Lipinski definition) is 7. The monoisotopic (exact) mass is 408 g/mol. The van der Waals surface area contributed by atoms with Crippen LogP contribution in [-0.4, -0.2) is 41.1 Å². The molecule has 0 aliphatic rings. The van der Waals surface area contributed by atoms with Gasteiger partial charge in [0.05, 0.1) is 38.2 Å².